The third kappa shape index (κ3) is 8.12. The predicted molar refractivity (Wildman–Crippen MR) is 118 cm³/mol. The summed E-state index contributed by atoms with van der Waals surface area (Å²) in [7, 11) is 0. The van der Waals surface area contributed by atoms with Crippen molar-refractivity contribution in [1.29, 1.82) is 0 Å². The lowest BCUT2D eigenvalue weighted by atomic mass is 9.93. The van der Waals surface area contributed by atoms with Crippen molar-refractivity contribution >= 4 is 24.2 Å². The Balaban J connectivity index is 0.00000450. The Morgan fingerprint density at radius 3 is 2.23 bits per heavy atom. The molecular weight excluding hydrogens is 435 g/mol. The molecule has 0 aliphatic carbocycles. The Labute approximate surface area is 186 Å². The second-order valence-electron chi connectivity index (χ2n) is 7.45. The Hall–Kier alpha value is -1.25. The zero-order valence-corrected chi connectivity index (χ0v) is 18.5. The van der Waals surface area contributed by atoms with Crippen LogP contribution in [0.3, 0.4) is 0 Å². The lowest BCUT2D eigenvalue weighted by Gasteiger charge is -2.24. The molecule has 2 aromatic carbocycles. The lowest BCUT2D eigenvalue weighted by Crippen LogP contribution is -2.47. The molecule has 0 heterocycles. The molecule has 0 bridgehead atoms. The highest BCUT2D eigenvalue weighted by molar-refractivity contribution is 7.99. The van der Waals surface area contributed by atoms with Gasteiger partial charge in [0.2, 0.25) is 0 Å². The number of hydrogen-bond donors (Lipinski definition) is 3. The van der Waals surface area contributed by atoms with Crippen LogP contribution in [0.5, 0.6) is 0 Å². The van der Waals surface area contributed by atoms with Crippen LogP contribution in [0.1, 0.15) is 35.1 Å². The van der Waals surface area contributed by atoms with Crippen LogP contribution in [0.4, 0.5) is 13.2 Å². The van der Waals surface area contributed by atoms with Crippen LogP contribution in [0, 0.1) is 6.92 Å². The van der Waals surface area contributed by atoms with E-state index in [1.807, 2.05) is 25.1 Å². The standard InChI is InChI=1S/C22H28F3NO2S.ClH/c1-16-4-2-5-17(12-16)6-3-11-29-20-8-7-18(13-19(20)22(23,24)25)9-10-21(26,14-27)15-28;/h2,4-5,7-8,12-13,27-28H,3,6,9-11,14-15,26H2,1H3;1H. The minimum absolute atomic E-state index is 0. The van der Waals surface area contributed by atoms with Gasteiger partial charge >= 0.3 is 6.18 Å². The molecular formula is C22H29ClF3NO2S. The molecule has 0 fully saturated rings. The van der Waals surface area contributed by atoms with E-state index in [-0.39, 0.29) is 30.1 Å². The molecule has 0 saturated carbocycles. The summed E-state index contributed by atoms with van der Waals surface area (Å²) in [5.74, 6) is 0.595. The molecule has 4 N–H and O–H groups in total. The maximum atomic E-state index is 13.5. The minimum atomic E-state index is -4.44. The maximum absolute atomic E-state index is 13.5. The van der Waals surface area contributed by atoms with E-state index < -0.39 is 30.5 Å². The zero-order valence-electron chi connectivity index (χ0n) is 16.9. The van der Waals surface area contributed by atoms with Crippen molar-refractivity contribution in [3.8, 4) is 0 Å². The van der Waals surface area contributed by atoms with Crippen molar-refractivity contribution in [2.45, 2.75) is 49.2 Å². The van der Waals surface area contributed by atoms with Crippen molar-refractivity contribution in [3.63, 3.8) is 0 Å². The second kappa shape index (κ2) is 12.0. The van der Waals surface area contributed by atoms with Crippen LogP contribution < -0.4 is 5.73 Å². The molecule has 168 valence electrons. The minimum Gasteiger partial charge on any atom is -0.394 e. The zero-order chi connectivity index (χ0) is 21.5. The van der Waals surface area contributed by atoms with E-state index in [4.69, 9.17) is 5.73 Å². The molecule has 2 aromatic rings. The fourth-order valence-electron chi connectivity index (χ4n) is 3.01. The van der Waals surface area contributed by atoms with Crippen molar-refractivity contribution in [3.05, 3.63) is 64.7 Å². The lowest BCUT2D eigenvalue weighted by molar-refractivity contribution is -0.139. The summed E-state index contributed by atoms with van der Waals surface area (Å²) in [6.07, 6.45) is -2.38. The van der Waals surface area contributed by atoms with Gasteiger partial charge in [0.15, 0.2) is 0 Å². The number of benzene rings is 2. The summed E-state index contributed by atoms with van der Waals surface area (Å²) in [5, 5.41) is 18.5. The van der Waals surface area contributed by atoms with Crippen molar-refractivity contribution in [2.75, 3.05) is 19.0 Å². The number of halogens is 4. The first-order chi connectivity index (χ1) is 13.7. The van der Waals surface area contributed by atoms with Gasteiger partial charge < -0.3 is 15.9 Å². The molecule has 8 heteroatoms. The van der Waals surface area contributed by atoms with Crippen molar-refractivity contribution < 1.29 is 23.4 Å². The first-order valence-corrected chi connectivity index (χ1v) is 10.5. The van der Waals surface area contributed by atoms with Gasteiger partial charge in [-0.3, -0.25) is 0 Å². The summed E-state index contributed by atoms with van der Waals surface area (Å²) < 4.78 is 40.6. The molecule has 0 aromatic heterocycles. The molecule has 0 atom stereocenters. The number of aliphatic hydroxyl groups is 2. The number of nitrogens with two attached hydrogens (primary N) is 1. The summed E-state index contributed by atoms with van der Waals surface area (Å²) >= 11 is 1.21. The molecule has 0 aliphatic heterocycles. The Morgan fingerprint density at radius 2 is 1.63 bits per heavy atom. The predicted octanol–water partition coefficient (Wildman–Crippen LogP) is 4.78. The first-order valence-electron chi connectivity index (χ1n) is 9.56. The highest BCUT2D eigenvalue weighted by Crippen LogP contribution is 2.38. The SMILES string of the molecule is Cc1cccc(CCCSc2ccc(CCC(N)(CO)CO)cc2C(F)(F)F)c1.Cl. The Kier molecular flexibility index (Phi) is 10.7. The van der Waals surface area contributed by atoms with Crippen molar-refractivity contribution in [2.24, 2.45) is 5.73 Å². The molecule has 0 aliphatic rings. The normalized spacial score (nSPS) is 12.0. The van der Waals surface area contributed by atoms with Crippen LogP contribution in [0.2, 0.25) is 0 Å². The molecule has 0 amide bonds. The van der Waals surface area contributed by atoms with E-state index in [1.165, 1.54) is 29.0 Å². The van der Waals surface area contributed by atoms with Gasteiger partial charge in [-0.2, -0.15) is 13.2 Å². The quantitative estimate of drug-likeness (QED) is 0.350. The van der Waals surface area contributed by atoms with Gasteiger partial charge in [0.05, 0.1) is 24.3 Å². The number of hydrogen-bond acceptors (Lipinski definition) is 4. The summed E-state index contributed by atoms with van der Waals surface area (Å²) in [5.41, 5.74) is 6.82. The second-order valence-corrected chi connectivity index (χ2v) is 8.58. The van der Waals surface area contributed by atoms with E-state index in [2.05, 4.69) is 6.07 Å². The van der Waals surface area contributed by atoms with E-state index in [9.17, 15) is 23.4 Å². The molecule has 2 rings (SSSR count). The van der Waals surface area contributed by atoms with Gasteiger partial charge in [0.25, 0.3) is 0 Å². The van der Waals surface area contributed by atoms with Crippen LogP contribution >= 0.6 is 24.2 Å². The maximum Gasteiger partial charge on any atom is 0.417 e. The highest BCUT2D eigenvalue weighted by atomic mass is 35.5. The molecule has 30 heavy (non-hydrogen) atoms. The molecule has 0 unspecified atom stereocenters. The van der Waals surface area contributed by atoms with E-state index >= 15 is 0 Å². The Morgan fingerprint density at radius 1 is 0.967 bits per heavy atom. The number of alkyl halides is 3. The first kappa shape index (κ1) is 26.8. The highest BCUT2D eigenvalue weighted by Gasteiger charge is 2.34. The van der Waals surface area contributed by atoms with Gasteiger partial charge in [0, 0.05) is 4.90 Å². The van der Waals surface area contributed by atoms with Crippen LogP contribution in [-0.4, -0.2) is 34.7 Å². The van der Waals surface area contributed by atoms with Gasteiger partial charge in [-0.25, -0.2) is 0 Å². The fourth-order valence-corrected chi connectivity index (χ4v) is 4.01. The fraction of sp³-hybridized carbons (Fsp3) is 0.455. The average molecular weight is 464 g/mol. The van der Waals surface area contributed by atoms with Gasteiger partial charge in [-0.1, -0.05) is 35.9 Å². The summed E-state index contributed by atoms with van der Waals surface area (Å²) in [4.78, 5) is 0.217. The third-order valence-corrected chi connectivity index (χ3v) is 6.00. The van der Waals surface area contributed by atoms with Gasteiger partial charge in [0.1, 0.15) is 0 Å². The monoisotopic (exact) mass is 463 g/mol. The number of rotatable bonds is 10. The van der Waals surface area contributed by atoms with E-state index in [0.29, 0.717) is 11.3 Å². The number of aliphatic hydroxyl groups excluding tert-OH is 2. The number of thioether (sulfide) groups is 1. The van der Waals surface area contributed by atoms with E-state index in [1.54, 1.807) is 6.07 Å². The summed E-state index contributed by atoms with van der Waals surface area (Å²) in [6.45, 7) is 1.17. The van der Waals surface area contributed by atoms with Crippen LogP contribution in [-0.2, 0) is 19.0 Å². The van der Waals surface area contributed by atoms with Crippen molar-refractivity contribution in [1.82, 2.24) is 0 Å². The average Bonchev–Trinajstić information content (AvgIpc) is 2.69. The van der Waals surface area contributed by atoms with Crippen LogP contribution in [0.15, 0.2) is 47.4 Å². The Bertz CT molecular complexity index is 798. The topological polar surface area (TPSA) is 66.5 Å². The van der Waals surface area contributed by atoms with E-state index in [0.717, 1.165) is 18.9 Å². The smallest absolute Gasteiger partial charge is 0.394 e. The van der Waals surface area contributed by atoms with Gasteiger partial charge in [-0.15, -0.1) is 24.2 Å². The molecule has 0 radical (unpaired) electrons. The van der Waals surface area contributed by atoms with Gasteiger partial charge in [-0.05, 0) is 61.6 Å². The number of aryl methyl sites for hydroxylation is 3. The van der Waals surface area contributed by atoms with Crippen LogP contribution in [0.25, 0.3) is 0 Å². The largest absolute Gasteiger partial charge is 0.417 e. The summed E-state index contributed by atoms with van der Waals surface area (Å²) in [6, 6.07) is 12.4. The molecule has 3 nitrogen and oxygen atoms in total. The third-order valence-electron chi connectivity index (χ3n) is 4.84. The molecule has 0 spiro atoms. The molecule has 0 saturated heterocycles.